The van der Waals surface area contributed by atoms with E-state index < -0.39 is 6.10 Å². The molecule has 0 aliphatic heterocycles. The van der Waals surface area contributed by atoms with Crippen LogP contribution in [0.2, 0.25) is 0 Å². The summed E-state index contributed by atoms with van der Waals surface area (Å²) < 4.78 is 0. The maximum absolute atomic E-state index is 10.7. The molecule has 76 valence electrons. The molecule has 4 heteroatoms. The molecule has 0 aliphatic carbocycles. The number of benzene rings is 1. The first kappa shape index (κ1) is 10.5. The van der Waals surface area contributed by atoms with Crippen molar-refractivity contribution >= 4 is 11.0 Å². The van der Waals surface area contributed by atoms with E-state index in [1.165, 1.54) is 0 Å². The minimum absolute atomic E-state index is 0.152. The van der Waals surface area contributed by atoms with Crippen LogP contribution in [0.15, 0.2) is 29.1 Å². The van der Waals surface area contributed by atoms with Gasteiger partial charge in [0.15, 0.2) is 0 Å². The molecule has 0 amide bonds. The molecule has 0 saturated heterocycles. The van der Waals surface area contributed by atoms with Crippen molar-refractivity contribution in [3.8, 4) is 0 Å². The summed E-state index contributed by atoms with van der Waals surface area (Å²) >= 11 is 0. The summed E-state index contributed by atoms with van der Waals surface area (Å²) in [4.78, 5) is 16.0. The Morgan fingerprint density at radius 3 is 1.86 bits per heavy atom. The van der Waals surface area contributed by atoms with Gasteiger partial charge in [-0.3, -0.25) is 0 Å². The lowest BCUT2D eigenvalue weighted by molar-refractivity contribution is -0.407. The molecular formula is C10H13N2O2-. The smallest absolute Gasteiger partial charge is 0.323 e. The number of nitrogens with one attached hydrogen (secondary N) is 2. The molecule has 2 aromatic rings. The van der Waals surface area contributed by atoms with Gasteiger partial charge in [-0.1, -0.05) is 26.0 Å². The Hall–Kier alpha value is -1.55. The summed E-state index contributed by atoms with van der Waals surface area (Å²) in [5, 5.41) is 9.53. The molecule has 0 bridgehead atoms. The van der Waals surface area contributed by atoms with Crippen molar-refractivity contribution in [3.05, 3.63) is 34.7 Å². The summed E-state index contributed by atoms with van der Waals surface area (Å²) in [7, 11) is 0. The predicted octanol–water partition coefficient (Wildman–Crippen LogP) is 0.611. The molecule has 2 N–H and O–H groups in total. The van der Waals surface area contributed by atoms with Crippen LogP contribution in [-0.4, -0.2) is 16.1 Å². The third-order valence-corrected chi connectivity index (χ3v) is 1.42. The minimum atomic E-state index is -0.417. The fraction of sp³-hybridized carbons (Fsp3) is 0.300. The average molecular weight is 193 g/mol. The zero-order chi connectivity index (χ0) is 10.6. The first-order chi connectivity index (χ1) is 6.59. The molecule has 0 atom stereocenters. The summed E-state index contributed by atoms with van der Waals surface area (Å²) in [6.45, 7) is 3.22. The third-order valence-electron chi connectivity index (χ3n) is 1.42. The van der Waals surface area contributed by atoms with E-state index in [1.807, 2.05) is 24.3 Å². The summed E-state index contributed by atoms with van der Waals surface area (Å²) in [5.74, 6) is 0. The fourth-order valence-electron chi connectivity index (χ4n) is 0.977. The lowest BCUT2D eigenvalue weighted by Crippen LogP contribution is -2.14. The van der Waals surface area contributed by atoms with Crippen LogP contribution in [-0.2, 0) is 0 Å². The molecule has 0 radical (unpaired) electrons. The molecule has 4 nitrogen and oxygen atoms in total. The summed E-state index contributed by atoms with van der Waals surface area (Å²) in [5.41, 5.74) is 1.56. The van der Waals surface area contributed by atoms with E-state index >= 15 is 0 Å². The molecule has 0 fully saturated rings. The number of fused-ring (bicyclic) bond motifs is 1. The largest absolute Gasteiger partial charge is 0.852 e. The van der Waals surface area contributed by atoms with Gasteiger partial charge >= 0.3 is 5.69 Å². The Labute approximate surface area is 81.6 Å². The van der Waals surface area contributed by atoms with Crippen molar-refractivity contribution in [2.45, 2.75) is 20.0 Å². The van der Waals surface area contributed by atoms with Crippen LogP contribution in [0.3, 0.4) is 0 Å². The SMILES string of the molecule is CC(C)[O-].O=c1[nH]c2ccccc2[nH]1. The van der Waals surface area contributed by atoms with Gasteiger partial charge in [0.2, 0.25) is 0 Å². The Bertz CT molecular complexity index is 404. The van der Waals surface area contributed by atoms with Gasteiger partial charge in [-0.05, 0) is 12.1 Å². The van der Waals surface area contributed by atoms with E-state index in [4.69, 9.17) is 0 Å². The lowest BCUT2D eigenvalue weighted by atomic mass is 10.3. The molecular weight excluding hydrogens is 180 g/mol. The average Bonchev–Trinajstić information content (AvgIpc) is 2.42. The van der Waals surface area contributed by atoms with Gasteiger partial charge in [-0.2, -0.15) is 0 Å². The summed E-state index contributed by atoms with van der Waals surface area (Å²) in [6.07, 6.45) is -0.417. The minimum Gasteiger partial charge on any atom is -0.852 e. The standard InChI is InChI=1S/C7H6N2O.C3H7O/c10-7-8-5-3-1-2-4-6(5)9-7;1-3(2)4/h1-4H,(H2,8,9,10);3H,1-2H3/q;-1. The zero-order valence-electron chi connectivity index (χ0n) is 8.20. The van der Waals surface area contributed by atoms with E-state index in [2.05, 4.69) is 9.97 Å². The summed E-state index contributed by atoms with van der Waals surface area (Å²) in [6, 6.07) is 7.47. The van der Waals surface area contributed by atoms with Gasteiger partial charge < -0.3 is 15.1 Å². The molecule has 1 aromatic heterocycles. The van der Waals surface area contributed by atoms with Gasteiger partial charge in [0.25, 0.3) is 0 Å². The fourth-order valence-corrected chi connectivity index (χ4v) is 0.977. The van der Waals surface area contributed by atoms with Crippen LogP contribution < -0.4 is 10.8 Å². The normalized spacial score (nSPS) is 10.0. The van der Waals surface area contributed by atoms with Crippen LogP contribution in [0, 0.1) is 0 Å². The number of H-pyrrole nitrogens is 2. The van der Waals surface area contributed by atoms with Gasteiger partial charge in [-0.25, -0.2) is 4.79 Å². The van der Waals surface area contributed by atoms with Gasteiger partial charge in [0, 0.05) is 0 Å². The van der Waals surface area contributed by atoms with Gasteiger partial charge in [-0.15, -0.1) is 6.10 Å². The molecule has 0 unspecified atom stereocenters. The van der Waals surface area contributed by atoms with Gasteiger partial charge in [0.1, 0.15) is 0 Å². The van der Waals surface area contributed by atoms with Crippen LogP contribution >= 0.6 is 0 Å². The molecule has 14 heavy (non-hydrogen) atoms. The second-order valence-corrected chi connectivity index (χ2v) is 3.17. The maximum Gasteiger partial charge on any atom is 0.323 e. The second-order valence-electron chi connectivity index (χ2n) is 3.17. The van der Waals surface area contributed by atoms with Crippen LogP contribution in [0.5, 0.6) is 0 Å². The van der Waals surface area contributed by atoms with E-state index in [9.17, 15) is 9.90 Å². The highest BCUT2D eigenvalue weighted by Crippen LogP contribution is 2.03. The zero-order valence-corrected chi connectivity index (χ0v) is 8.20. The van der Waals surface area contributed by atoms with E-state index in [0.29, 0.717) is 0 Å². The van der Waals surface area contributed by atoms with E-state index in [0.717, 1.165) is 11.0 Å². The number of aromatic nitrogens is 2. The number of imidazole rings is 1. The topological polar surface area (TPSA) is 71.7 Å². The monoisotopic (exact) mass is 193 g/mol. The maximum atomic E-state index is 10.7. The van der Waals surface area contributed by atoms with Gasteiger partial charge in [0.05, 0.1) is 11.0 Å². The molecule has 0 saturated carbocycles. The number of hydrogen-bond donors (Lipinski definition) is 2. The van der Waals surface area contributed by atoms with E-state index in [1.54, 1.807) is 13.8 Å². The van der Waals surface area contributed by atoms with Crippen molar-refractivity contribution in [1.82, 2.24) is 9.97 Å². The third kappa shape index (κ3) is 3.06. The Morgan fingerprint density at radius 2 is 1.50 bits per heavy atom. The van der Waals surface area contributed by atoms with Crippen LogP contribution in [0.4, 0.5) is 0 Å². The van der Waals surface area contributed by atoms with Crippen molar-refractivity contribution < 1.29 is 5.11 Å². The number of para-hydroxylation sites is 2. The molecule has 1 heterocycles. The van der Waals surface area contributed by atoms with E-state index in [-0.39, 0.29) is 5.69 Å². The van der Waals surface area contributed by atoms with Crippen molar-refractivity contribution in [2.75, 3.05) is 0 Å². The number of rotatable bonds is 0. The quantitative estimate of drug-likeness (QED) is 0.643. The highest BCUT2D eigenvalue weighted by Gasteiger charge is 1.92. The first-order valence-corrected chi connectivity index (χ1v) is 4.42. The molecule has 0 spiro atoms. The number of aromatic amines is 2. The highest BCUT2D eigenvalue weighted by molar-refractivity contribution is 5.73. The Morgan fingerprint density at radius 1 is 1.14 bits per heavy atom. The predicted molar refractivity (Wildman–Crippen MR) is 54.1 cm³/mol. The van der Waals surface area contributed by atoms with Crippen molar-refractivity contribution in [2.24, 2.45) is 0 Å². The molecule has 0 aliphatic rings. The second kappa shape index (κ2) is 4.62. The molecule has 2 rings (SSSR count). The number of hydrogen-bond acceptors (Lipinski definition) is 2. The highest BCUT2D eigenvalue weighted by atomic mass is 16.3. The van der Waals surface area contributed by atoms with Crippen molar-refractivity contribution in [3.63, 3.8) is 0 Å². The Balaban J connectivity index is 0.000000213. The van der Waals surface area contributed by atoms with Crippen LogP contribution in [0.1, 0.15) is 13.8 Å². The molecule has 1 aromatic carbocycles. The Kier molecular flexibility index (Phi) is 3.48. The van der Waals surface area contributed by atoms with Crippen molar-refractivity contribution in [1.29, 1.82) is 0 Å². The van der Waals surface area contributed by atoms with Crippen LogP contribution in [0.25, 0.3) is 11.0 Å². The lowest BCUT2D eigenvalue weighted by Gasteiger charge is -2.02. The first-order valence-electron chi connectivity index (χ1n) is 4.42.